The van der Waals surface area contributed by atoms with Gasteiger partial charge in [0.25, 0.3) is 0 Å². The quantitative estimate of drug-likeness (QED) is 0.0222. The fourth-order valence-corrected chi connectivity index (χ4v) is 13.5. The first-order chi connectivity index (χ1) is 46.7. The molecule has 0 rings (SSSR count). The third kappa shape index (κ3) is 72.2. The summed E-state index contributed by atoms with van der Waals surface area (Å²) in [5, 5.41) is 10.6. The van der Waals surface area contributed by atoms with Gasteiger partial charge in [0.05, 0.1) is 26.4 Å². The molecule has 0 aromatic carbocycles. The number of ether oxygens (including phenoxy) is 4. The summed E-state index contributed by atoms with van der Waals surface area (Å²) < 4.78 is 68.6. The number of aliphatic hydroxyl groups is 1. The summed E-state index contributed by atoms with van der Waals surface area (Å²) in [6, 6.07) is 0. The number of carbonyl (C=O) groups is 4. The normalized spacial score (nSPS) is 14.0. The Kier molecular flexibility index (Phi) is 67.1. The lowest BCUT2D eigenvalue weighted by atomic mass is 10.0. The van der Waals surface area contributed by atoms with Crippen molar-refractivity contribution in [2.24, 2.45) is 17.8 Å². The molecule has 3 N–H and O–H groups in total. The highest BCUT2D eigenvalue weighted by molar-refractivity contribution is 7.47. The van der Waals surface area contributed by atoms with Crippen molar-refractivity contribution in [3.8, 4) is 0 Å². The monoisotopic (exact) mass is 1420 g/mol. The van der Waals surface area contributed by atoms with Crippen LogP contribution in [-0.4, -0.2) is 96.7 Å². The maximum atomic E-state index is 13.1. The van der Waals surface area contributed by atoms with Gasteiger partial charge in [-0.3, -0.25) is 37.3 Å². The third-order valence-electron chi connectivity index (χ3n) is 18.1. The largest absolute Gasteiger partial charge is 0.472 e. The molecule has 0 saturated carbocycles. The van der Waals surface area contributed by atoms with Crippen LogP contribution in [0.15, 0.2) is 0 Å². The lowest BCUT2D eigenvalue weighted by Gasteiger charge is -2.21. The zero-order valence-corrected chi connectivity index (χ0v) is 65.3. The summed E-state index contributed by atoms with van der Waals surface area (Å²) >= 11 is 0. The first kappa shape index (κ1) is 95.1. The Morgan fingerprint density at radius 1 is 0.278 bits per heavy atom. The molecule has 576 valence electrons. The molecule has 0 spiro atoms. The molecule has 0 fully saturated rings. The van der Waals surface area contributed by atoms with Gasteiger partial charge in [-0.1, -0.05) is 350 Å². The van der Waals surface area contributed by atoms with Gasteiger partial charge in [0.2, 0.25) is 0 Å². The van der Waals surface area contributed by atoms with E-state index in [1.807, 2.05) is 0 Å². The van der Waals surface area contributed by atoms with E-state index in [4.69, 9.17) is 37.0 Å². The van der Waals surface area contributed by atoms with Crippen LogP contribution < -0.4 is 0 Å². The molecule has 5 atom stereocenters. The van der Waals surface area contributed by atoms with Crippen molar-refractivity contribution in [1.82, 2.24) is 0 Å². The number of aliphatic hydroxyl groups excluding tert-OH is 1. The number of rotatable bonds is 76. The zero-order valence-electron chi connectivity index (χ0n) is 63.5. The van der Waals surface area contributed by atoms with Gasteiger partial charge in [-0.2, -0.15) is 0 Å². The number of hydrogen-bond donors (Lipinski definition) is 3. The topological polar surface area (TPSA) is 237 Å². The molecule has 0 aliphatic heterocycles. The second-order valence-electron chi connectivity index (χ2n) is 29.5. The van der Waals surface area contributed by atoms with Gasteiger partial charge < -0.3 is 33.8 Å². The lowest BCUT2D eigenvalue weighted by molar-refractivity contribution is -0.161. The van der Waals surface area contributed by atoms with E-state index in [1.165, 1.54) is 212 Å². The van der Waals surface area contributed by atoms with E-state index in [9.17, 15) is 43.2 Å². The number of unbranched alkanes of at least 4 members (excludes halogenated alkanes) is 44. The maximum Gasteiger partial charge on any atom is 0.472 e. The van der Waals surface area contributed by atoms with E-state index in [-0.39, 0.29) is 25.7 Å². The molecule has 0 aliphatic carbocycles. The lowest BCUT2D eigenvalue weighted by Crippen LogP contribution is -2.30. The Balaban J connectivity index is 5.27. The Labute approximate surface area is 594 Å². The molecule has 17 nitrogen and oxygen atoms in total. The van der Waals surface area contributed by atoms with Gasteiger partial charge in [0, 0.05) is 25.7 Å². The summed E-state index contributed by atoms with van der Waals surface area (Å²) in [7, 11) is -9.92. The molecule has 97 heavy (non-hydrogen) atoms. The van der Waals surface area contributed by atoms with E-state index in [0.29, 0.717) is 25.7 Å². The SMILES string of the molecule is CCCCCCCCCCCCCCC(=O)OC[C@H](COP(=O)(O)OC[C@H](O)COP(=O)(O)OC[C@@H](COC(=O)CCCCCCCCCCCCCCCC(C)C)OC(=O)CCCCCCCCCCCCCCCC(C)C)OC(=O)CCCCCCCCCCCCC(C)C. The Morgan fingerprint density at radius 2 is 0.474 bits per heavy atom. The third-order valence-corrected chi connectivity index (χ3v) is 20.0. The number of esters is 4. The van der Waals surface area contributed by atoms with Crippen LogP contribution in [0.25, 0.3) is 0 Å². The van der Waals surface area contributed by atoms with Crippen LogP contribution in [-0.2, 0) is 65.4 Å². The van der Waals surface area contributed by atoms with Gasteiger partial charge in [-0.15, -0.1) is 0 Å². The molecule has 0 aromatic heterocycles. The highest BCUT2D eigenvalue weighted by Crippen LogP contribution is 2.45. The zero-order chi connectivity index (χ0) is 71.6. The van der Waals surface area contributed by atoms with E-state index < -0.39 is 97.5 Å². The molecule has 0 amide bonds. The summed E-state index contributed by atoms with van der Waals surface area (Å²) in [5.41, 5.74) is 0. The van der Waals surface area contributed by atoms with Crippen molar-refractivity contribution in [3.63, 3.8) is 0 Å². The minimum Gasteiger partial charge on any atom is -0.462 e. The fourth-order valence-electron chi connectivity index (χ4n) is 12.0. The Bertz CT molecular complexity index is 1890. The van der Waals surface area contributed by atoms with Crippen molar-refractivity contribution in [3.05, 3.63) is 0 Å². The average Bonchev–Trinajstić information content (AvgIpc) is 1.14. The van der Waals surface area contributed by atoms with E-state index >= 15 is 0 Å². The molecule has 0 saturated heterocycles. The molecule has 2 unspecified atom stereocenters. The van der Waals surface area contributed by atoms with Crippen molar-refractivity contribution >= 4 is 39.5 Å². The first-order valence-electron chi connectivity index (χ1n) is 40.3. The molecule has 0 bridgehead atoms. The predicted octanol–water partition coefficient (Wildman–Crippen LogP) is 23.0. The Hall–Kier alpha value is -1.94. The highest BCUT2D eigenvalue weighted by atomic mass is 31.2. The maximum absolute atomic E-state index is 13.1. The van der Waals surface area contributed by atoms with Crippen LogP contribution in [0.2, 0.25) is 0 Å². The number of carbonyl (C=O) groups excluding carboxylic acids is 4. The van der Waals surface area contributed by atoms with Gasteiger partial charge in [-0.05, 0) is 43.4 Å². The summed E-state index contributed by atoms with van der Waals surface area (Å²) in [6.07, 6.45) is 55.3. The van der Waals surface area contributed by atoms with Crippen molar-refractivity contribution < 1.29 is 80.2 Å². The summed E-state index contributed by atoms with van der Waals surface area (Å²) in [5.74, 6) is 0.217. The van der Waals surface area contributed by atoms with Crippen molar-refractivity contribution in [2.75, 3.05) is 39.6 Å². The number of phosphoric acid groups is 2. The van der Waals surface area contributed by atoms with Crippen molar-refractivity contribution in [2.45, 2.75) is 420 Å². The predicted molar refractivity (Wildman–Crippen MR) is 395 cm³/mol. The highest BCUT2D eigenvalue weighted by Gasteiger charge is 2.30. The van der Waals surface area contributed by atoms with Crippen LogP contribution in [0.1, 0.15) is 402 Å². The van der Waals surface area contributed by atoms with Gasteiger partial charge in [0.15, 0.2) is 12.2 Å². The van der Waals surface area contributed by atoms with E-state index in [1.54, 1.807) is 0 Å². The van der Waals surface area contributed by atoms with Gasteiger partial charge >= 0.3 is 39.5 Å². The molecular formula is C78H152O17P2. The van der Waals surface area contributed by atoms with Gasteiger partial charge in [0.1, 0.15) is 19.3 Å². The molecule has 19 heteroatoms. The fraction of sp³-hybridized carbons (Fsp3) is 0.949. The average molecular weight is 1420 g/mol. The van der Waals surface area contributed by atoms with Crippen LogP contribution in [0.4, 0.5) is 0 Å². The van der Waals surface area contributed by atoms with E-state index in [2.05, 4.69) is 48.5 Å². The summed E-state index contributed by atoms with van der Waals surface area (Å²) in [6.45, 7) is 11.9. The molecule has 0 aliphatic rings. The molecular weight excluding hydrogens is 1270 g/mol. The van der Waals surface area contributed by atoms with Gasteiger partial charge in [-0.25, -0.2) is 9.13 Å². The second kappa shape index (κ2) is 68.5. The molecule has 0 heterocycles. The standard InChI is InChI=1S/C78H152O17P2/c1-8-9-10-11-12-13-14-23-31-38-45-52-59-75(80)88-66-74(95-78(83)62-55-48-41-34-27-26-30-37-44-51-58-71(6)7)68-93-97(86,87)91-64-72(79)63-90-96(84,85)92-67-73(94-77(82)61-54-47-40-33-25-20-16-18-22-29-36-43-50-57-70(4)5)65-89-76(81)60-53-46-39-32-24-19-15-17-21-28-35-42-49-56-69(2)3/h69-74,79H,8-68H2,1-7H3,(H,84,85)(H,86,87)/t72-,73-,74-/m1/s1. The van der Waals surface area contributed by atoms with Crippen LogP contribution >= 0.6 is 15.6 Å². The minimum atomic E-state index is -4.96. The minimum absolute atomic E-state index is 0.106. The number of phosphoric ester groups is 2. The smallest absolute Gasteiger partial charge is 0.462 e. The summed E-state index contributed by atoms with van der Waals surface area (Å²) in [4.78, 5) is 72.9. The van der Waals surface area contributed by atoms with Crippen LogP contribution in [0.3, 0.4) is 0 Å². The van der Waals surface area contributed by atoms with Crippen LogP contribution in [0, 0.1) is 17.8 Å². The Morgan fingerprint density at radius 3 is 0.701 bits per heavy atom. The molecule has 0 aromatic rings. The number of hydrogen-bond acceptors (Lipinski definition) is 15. The van der Waals surface area contributed by atoms with E-state index in [0.717, 1.165) is 108 Å². The molecule has 0 radical (unpaired) electrons. The van der Waals surface area contributed by atoms with Crippen LogP contribution in [0.5, 0.6) is 0 Å². The van der Waals surface area contributed by atoms with Crippen molar-refractivity contribution in [1.29, 1.82) is 0 Å². The first-order valence-corrected chi connectivity index (χ1v) is 43.3. The second-order valence-corrected chi connectivity index (χ2v) is 32.4.